The summed E-state index contributed by atoms with van der Waals surface area (Å²) in [6.45, 7) is 0.757. The van der Waals surface area contributed by atoms with Crippen LogP contribution in [0.4, 0.5) is 0 Å². The van der Waals surface area contributed by atoms with Crippen molar-refractivity contribution < 1.29 is 9.90 Å². The lowest BCUT2D eigenvalue weighted by atomic mass is 9.82. The van der Waals surface area contributed by atoms with E-state index in [-0.39, 0.29) is 17.9 Å². The molecule has 0 aromatic heterocycles. The van der Waals surface area contributed by atoms with Crippen molar-refractivity contribution in [3.63, 3.8) is 0 Å². The van der Waals surface area contributed by atoms with Gasteiger partial charge in [-0.15, -0.1) is 0 Å². The maximum atomic E-state index is 12.0. The SMILES string of the molecule is O=C(NCC1CC(O)C1)C1CC2C=CC1C2. The summed E-state index contributed by atoms with van der Waals surface area (Å²) in [5.74, 6) is 2.12. The summed E-state index contributed by atoms with van der Waals surface area (Å²) in [6.07, 6.45) is 8.30. The Hall–Kier alpha value is -0.830. The van der Waals surface area contributed by atoms with Crippen LogP contribution >= 0.6 is 0 Å². The summed E-state index contributed by atoms with van der Waals surface area (Å²) in [5, 5.41) is 12.2. The zero-order valence-corrected chi connectivity index (χ0v) is 9.43. The lowest BCUT2D eigenvalue weighted by molar-refractivity contribution is -0.126. The van der Waals surface area contributed by atoms with Crippen LogP contribution in [0.1, 0.15) is 25.7 Å². The highest BCUT2D eigenvalue weighted by Gasteiger charge is 2.40. The highest BCUT2D eigenvalue weighted by molar-refractivity contribution is 5.80. The zero-order valence-electron chi connectivity index (χ0n) is 9.43. The van der Waals surface area contributed by atoms with Crippen LogP contribution < -0.4 is 5.32 Å². The van der Waals surface area contributed by atoms with Crippen LogP contribution in [0.15, 0.2) is 12.2 Å². The normalized spacial score (nSPS) is 44.4. The van der Waals surface area contributed by atoms with Crippen LogP contribution in [-0.4, -0.2) is 23.7 Å². The first kappa shape index (κ1) is 10.3. The topological polar surface area (TPSA) is 49.3 Å². The number of aliphatic hydroxyl groups excluding tert-OH is 1. The molecule has 2 bridgehead atoms. The molecular weight excluding hydrogens is 202 g/mol. The number of fused-ring (bicyclic) bond motifs is 2. The number of aliphatic hydroxyl groups is 1. The molecule has 3 unspecified atom stereocenters. The monoisotopic (exact) mass is 221 g/mol. The molecule has 3 aliphatic rings. The lowest BCUT2D eigenvalue weighted by Crippen LogP contribution is -2.41. The first-order valence-corrected chi connectivity index (χ1v) is 6.36. The van der Waals surface area contributed by atoms with Gasteiger partial charge in [0.05, 0.1) is 6.10 Å². The van der Waals surface area contributed by atoms with Gasteiger partial charge in [0.25, 0.3) is 0 Å². The van der Waals surface area contributed by atoms with Crippen LogP contribution in [0, 0.1) is 23.7 Å². The number of hydrogen-bond acceptors (Lipinski definition) is 2. The summed E-state index contributed by atoms with van der Waals surface area (Å²) in [5.41, 5.74) is 0. The minimum absolute atomic E-state index is 0.118. The number of nitrogens with one attached hydrogen (secondary N) is 1. The van der Waals surface area contributed by atoms with E-state index in [0.717, 1.165) is 25.8 Å². The second kappa shape index (κ2) is 3.88. The van der Waals surface area contributed by atoms with Gasteiger partial charge in [0.15, 0.2) is 0 Å². The molecule has 88 valence electrons. The molecular formula is C13H19NO2. The molecule has 3 rings (SSSR count). The van der Waals surface area contributed by atoms with Crippen LogP contribution in [0.3, 0.4) is 0 Å². The third-order valence-corrected chi connectivity index (χ3v) is 4.39. The minimum atomic E-state index is -0.118. The quantitative estimate of drug-likeness (QED) is 0.701. The Labute approximate surface area is 95.9 Å². The molecule has 1 amide bonds. The fraction of sp³-hybridized carbons (Fsp3) is 0.769. The van der Waals surface area contributed by atoms with Gasteiger partial charge < -0.3 is 10.4 Å². The molecule has 3 nitrogen and oxygen atoms in total. The average molecular weight is 221 g/mol. The summed E-state index contributed by atoms with van der Waals surface area (Å²) < 4.78 is 0. The Bertz CT molecular complexity index is 320. The van der Waals surface area contributed by atoms with Crippen LogP contribution in [0.5, 0.6) is 0 Å². The Morgan fingerprint density at radius 3 is 2.62 bits per heavy atom. The van der Waals surface area contributed by atoms with Gasteiger partial charge in [0.2, 0.25) is 5.91 Å². The molecule has 0 aromatic carbocycles. The number of hydrogen-bond donors (Lipinski definition) is 2. The minimum Gasteiger partial charge on any atom is -0.393 e. The third kappa shape index (κ3) is 1.77. The zero-order chi connectivity index (χ0) is 11.1. The van der Waals surface area contributed by atoms with Crippen molar-refractivity contribution in [3.05, 3.63) is 12.2 Å². The smallest absolute Gasteiger partial charge is 0.223 e. The molecule has 0 radical (unpaired) electrons. The number of amides is 1. The fourth-order valence-corrected chi connectivity index (χ4v) is 3.33. The number of rotatable bonds is 3. The average Bonchev–Trinajstić information content (AvgIpc) is 2.83. The van der Waals surface area contributed by atoms with Crippen molar-refractivity contribution in [1.29, 1.82) is 0 Å². The second-order valence-electron chi connectivity index (χ2n) is 5.62. The van der Waals surface area contributed by atoms with Gasteiger partial charge in [0.1, 0.15) is 0 Å². The molecule has 3 heteroatoms. The Morgan fingerprint density at radius 2 is 2.06 bits per heavy atom. The summed E-state index contributed by atoms with van der Waals surface area (Å²) >= 11 is 0. The molecule has 0 aliphatic heterocycles. The predicted octanol–water partition coefficient (Wildman–Crippen LogP) is 1.09. The molecule has 0 spiro atoms. The van der Waals surface area contributed by atoms with Gasteiger partial charge in [-0.3, -0.25) is 4.79 Å². The van der Waals surface area contributed by atoms with E-state index < -0.39 is 0 Å². The van der Waals surface area contributed by atoms with Crippen molar-refractivity contribution in [2.45, 2.75) is 31.8 Å². The number of carbonyl (C=O) groups excluding carboxylic acids is 1. The third-order valence-electron chi connectivity index (χ3n) is 4.39. The second-order valence-corrected chi connectivity index (χ2v) is 5.62. The van der Waals surface area contributed by atoms with Crippen molar-refractivity contribution in [1.82, 2.24) is 5.32 Å². The number of carbonyl (C=O) groups is 1. The van der Waals surface area contributed by atoms with E-state index in [4.69, 9.17) is 5.11 Å². The summed E-state index contributed by atoms with van der Waals surface area (Å²) in [7, 11) is 0. The number of allylic oxidation sites excluding steroid dienone is 2. The highest BCUT2D eigenvalue weighted by atomic mass is 16.3. The van der Waals surface area contributed by atoms with E-state index in [2.05, 4.69) is 17.5 Å². The summed E-state index contributed by atoms with van der Waals surface area (Å²) in [4.78, 5) is 12.0. The van der Waals surface area contributed by atoms with Crippen molar-refractivity contribution in [2.75, 3.05) is 6.54 Å². The van der Waals surface area contributed by atoms with Crippen LogP contribution in [0.25, 0.3) is 0 Å². The Morgan fingerprint density at radius 1 is 1.25 bits per heavy atom. The molecule has 0 aromatic rings. The standard InChI is InChI=1S/C13H19NO2/c15-11-4-9(5-11)7-14-13(16)12-6-8-1-2-10(12)3-8/h1-2,8-12,15H,3-7H2,(H,14,16). The molecule has 3 atom stereocenters. The van der Waals surface area contributed by atoms with E-state index in [1.807, 2.05) is 0 Å². The van der Waals surface area contributed by atoms with Crippen molar-refractivity contribution >= 4 is 5.91 Å². The molecule has 2 fully saturated rings. The maximum Gasteiger partial charge on any atom is 0.223 e. The van der Waals surface area contributed by atoms with E-state index in [0.29, 0.717) is 17.8 Å². The molecule has 3 aliphatic carbocycles. The van der Waals surface area contributed by atoms with E-state index in [9.17, 15) is 4.79 Å². The van der Waals surface area contributed by atoms with Gasteiger partial charge in [0, 0.05) is 12.5 Å². The molecule has 2 N–H and O–H groups in total. The Kier molecular flexibility index (Phi) is 2.51. The fourth-order valence-electron chi connectivity index (χ4n) is 3.33. The van der Waals surface area contributed by atoms with Gasteiger partial charge in [-0.05, 0) is 43.4 Å². The molecule has 16 heavy (non-hydrogen) atoms. The first-order chi connectivity index (χ1) is 7.72. The predicted molar refractivity (Wildman–Crippen MR) is 60.6 cm³/mol. The van der Waals surface area contributed by atoms with Gasteiger partial charge in [-0.25, -0.2) is 0 Å². The van der Waals surface area contributed by atoms with Gasteiger partial charge >= 0.3 is 0 Å². The van der Waals surface area contributed by atoms with Gasteiger partial charge in [-0.2, -0.15) is 0 Å². The van der Waals surface area contributed by atoms with E-state index in [1.165, 1.54) is 6.42 Å². The van der Waals surface area contributed by atoms with Crippen LogP contribution in [-0.2, 0) is 4.79 Å². The largest absolute Gasteiger partial charge is 0.393 e. The van der Waals surface area contributed by atoms with E-state index >= 15 is 0 Å². The highest BCUT2D eigenvalue weighted by Crippen LogP contribution is 2.43. The first-order valence-electron chi connectivity index (χ1n) is 6.36. The van der Waals surface area contributed by atoms with Crippen molar-refractivity contribution in [2.24, 2.45) is 23.7 Å². The maximum absolute atomic E-state index is 12.0. The van der Waals surface area contributed by atoms with E-state index in [1.54, 1.807) is 0 Å². The lowest BCUT2D eigenvalue weighted by Gasteiger charge is -2.32. The Balaban J connectivity index is 1.45. The summed E-state index contributed by atoms with van der Waals surface area (Å²) in [6, 6.07) is 0. The van der Waals surface area contributed by atoms with Crippen molar-refractivity contribution in [3.8, 4) is 0 Å². The molecule has 0 heterocycles. The molecule has 0 saturated heterocycles. The molecule has 2 saturated carbocycles. The van der Waals surface area contributed by atoms with Gasteiger partial charge in [-0.1, -0.05) is 12.2 Å². The van der Waals surface area contributed by atoms with Crippen LogP contribution in [0.2, 0.25) is 0 Å².